The summed E-state index contributed by atoms with van der Waals surface area (Å²) in [7, 11) is 1.61. The SMILES string of the molecule is COc1ccc(CSc2ncnc3c2ncn3[C@@H]2O[C@H](COC(=O)NCC(=O)O)[C@H](O)C2O)cc1. The van der Waals surface area contributed by atoms with Crippen LogP contribution in [-0.4, -0.2) is 85.5 Å². The van der Waals surface area contributed by atoms with E-state index in [1.54, 1.807) is 7.11 Å². The zero-order valence-corrected chi connectivity index (χ0v) is 19.3. The quantitative estimate of drug-likeness (QED) is 0.235. The lowest BCUT2D eigenvalue weighted by molar-refractivity contribution is -0.135. The Hall–Kier alpha value is -3.46. The zero-order valence-electron chi connectivity index (χ0n) is 18.5. The van der Waals surface area contributed by atoms with Crippen LogP contribution in [0.1, 0.15) is 11.8 Å². The molecule has 4 atom stereocenters. The van der Waals surface area contributed by atoms with Crippen LogP contribution < -0.4 is 10.1 Å². The molecule has 1 fully saturated rings. The van der Waals surface area contributed by atoms with Crippen LogP contribution in [0.15, 0.2) is 41.9 Å². The highest BCUT2D eigenvalue weighted by atomic mass is 32.2. The number of benzene rings is 1. The van der Waals surface area contributed by atoms with E-state index in [2.05, 4.69) is 15.0 Å². The fraction of sp³-hybridized carbons (Fsp3) is 0.381. The van der Waals surface area contributed by atoms with Crippen LogP contribution in [0, 0.1) is 0 Å². The van der Waals surface area contributed by atoms with Gasteiger partial charge in [-0.25, -0.2) is 19.7 Å². The third-order valence-electron chi connectivity index (χ3n) is 5.23. The van der Waals surface area contributed by atoms with Crippen LogP contribution in [0.3, 0.4) is 0 Å². The maximum atomic E-state index is 11.6. The Kier molecular flexibility index (Phi) is 7.65. The minimum absolute atomic E-state index is 0.397. The number of methoxy groups -OCH3 is 1. The standard InChI is InChI=1S/C21H23N5O8S/c1-32-12-4-2-11(3-5-12)8-35-19-15-18(23-9-24-19)26(10-25-15)20-17(30)16(29)13(34-20)7-33-21(31)22-6-14(27)28/h2-5,9-10,13,16-17,20,29-30H,6-8H2,1H3,(H,22,31)(H,27,28)/t13-,16+,17?,20-/m1/s1. The number of carbonyl (C=O) groups is 2. The van der Waals surface area contributed by atoms with Crippen molar-refractivity contribution in [1.82, 2.24) is 24.8 Å². The van der Waals surface area contributed by atoms with Crippen LogP contribution in [0.25, 0.3) is 11.2 Å². The molecule has 1 unspecified atom stereocenters. The number of aliphatic hydroxyl groups is 2. The van der Waals surface area contributed by atoms with Crippen LogP contribution in [0.2, 0.25) is 0 Å². The normalized spacial score (nSPS) is 21.7. The first-order chi connectivity index (χ1) is 16.9. The number of alkyl carbamates (subject to hydrolysis) is 1. The summed E-state index contributed by atoms with van der Waals surface area (Å²) in [5, 5.41) is 32.2. The van der Waals surface area contributed by atoms with Crippen LogP contribution in [-0.2, 0) is 20.0 Å². The molecule has 13 nitrogen and oxygen atoms in total. The van der Waals surface area contributed by atoms with Gasteiger partial charge in [-0.05, 0) is 17.7 Å². The predicted octanol–water partition coefficient (Wildman–Crippen LogP) is 0.557. The monoisotopic (exact) mass is 505 g/mol. The molecule has 0 bridgehead atoms. The molecule has 35 heavy (non-hydrogen) atoms. The lowest BCUT2D eigenvalue weighted by atomic mass is 10.1. The van der Waals surface area contributed by atoms with Gasteiger partial charge in [0, 0.05) is 5.75 Å². The third-order valence-corrected chi connectivity index (χ3v) is 6.28. The molecule has 3 heterocycles. The van der Waals surface area contributed by atoms with Gasteiger partial charge in [-0.2, -0.15) is 0 Å². The van der Waals surface area contributed by atoms with Gasteiger partial charge in [0.25, 0.3) is 0 Å². The van der Waals surface area contributed by atoms with Crippen molar-refractivity contribution in [3.05, 3.63) is 42.5 Å². The number of aliphatic carboxylic acids is 1. The Balaban J connectivity index is 1.43. The van der Waals surface area contributed by atoms with E-state index < -0.39 is 49.8 Å². The Morgan fingerprint density at radius 1 is 1.17 bits per heavy atom. The molecule has 14 heteroatoms. The van der Waals surface area contributed by atoms with E-state index in [0.29, 0.717) is 21.9 Å². The molecule has 186 valence electrons. The predicted molar refractivity (Wildman–Crippen MR) is 121 cm³/mol. The highest BCUT2D eigenvalue weighted by molar-refractivity contribution is 7.98. The van der Waals surface area contributed by atoms with E-state index in [1.165, 1.54) is 29.0 Å². The van der Waals surface area contributed by atoms with Crippen molar-refractivity contribution in [2.45, 2.75) is 35.3 Å². The first-order valence-electron chi connectivity index (χ1n) is 10.4. The number of hydrogen-bond donors (Lipinski definition) is 4. The average molecular weight is 506 g/mol. The molecule has 0 spiro atoms. The number of thioether (sulfide) groups is 1. The van der Waals surface area contributed by atoms with Gasteiger partial charge >= 0.3 is 12.1 Å². The molecule has 1 aliphatic heterocycles. The Labute approximate surface area is 203 Å². The lowest BCUT2D eigenvalue weighted by Gasteiger charge is -2.16. The van der Waals surface area contributed by atoms with Gasteiger partial charge in [0.1, 0.15) is 54.1 Å². The molecule has 0 aliphatic carbocycles. The molecule has 0 radical (unpaired) electrons. The molecular formula is C21H23N5O8S. The molecule has 4 rings (SSSR count). The second kappa shape index (κ2) is 10.9. The van der Waals surface area contributed by atoms with E-state index in [-0.39, 0.29) is 0 Å². The van der Waals surface area contributed by atoms with Crippen molar-refractivity contribution in [1.29, 1.82) is 0 Å². The van der Waals surface area contributed by atoms with E-state index in [4.69, 9.17) is 19.3 Å². The molecule has 4 N–H and O–H groups in total. The highest BCUT2D eigenvalue weighted by Gasteiger charge is 2.45. The minimum Gasteiger partial charge on any atom is -0.497 e. The molecule has 1 saturated heterocycles. The van der Waals surface area contributed by atoms with E-state index in [0.717, 1.165) is 11.3 Å². The topological polar surface area (TPSA) is 178 Å². The summed E-state index contributed by atoms with van der Waals surface area (Å²) in [6, 6.07) is 7.66. The van der Waals surface area contributed by atoms with Gasteiger partial charge in [0.05, 0.1) is 13.4 Å². The Morgan fingerprint density at radius 3 is 2.66 bits per heavy atom. The van der Waals surface area contributed by atoms with E-state index >= 15 is 0 Å². The summed E-state index contributed by atoms with van der Waals surface area (Å²) in [6.07, 6.45) is -2.99. The number of carboxylic acid groups (broad SMARTS) is 1. The molecule has 0 saturated carbocycles. The summed E-state index contributed by atoms with van der Waals surface area (Å²) in [4.78, 5) is 35.0. The second-order valence-corrected chi connectivity index (χ2v) is 8.50. The molecule has 1 amide bonds. The Morgan fingerprint density at radius 2 is 1.94 bits per heavy atom. The van der Waals surface area contributed by atoms with Crippen molar-refractivity contribution < 1.29 is 39.1 Å². The number of nitrogens with zero attached hydrogens (tertiary/aromatic N) is 4. The molecule has 3 aromatic rings. The van der Waals surface area contributed by atoms with Crippen LogP contribution in [0.5, 0.6) is 5.75 Å². The number of aliphatic hydroxyl groups excluding tert-OH is 2. The number of hydrogen-bond acceptors (Lipinski definition) is 11. The largest absolute Gasteiger partial charge is 0.497 e. The number of carbonyl (C=O) groups excluding carboxylic acids is 1. The molecule has 1 aliphatic rings. The number of imidazole rings is 1. The van der Waals surface area contributed by atoms with Gasteiger partial charge in [-0.1, -0.05) is 23.9 Å². The molecule has 2 aromatic heterocycles. The van der Waals surface area contributed by atoms with Crippen molar-refractivity contribution in [3.63, 3.8) is 0 Å². The number of amides is 1. The first kappa shape index (κ1) is 24.7. The maximum absolute atomic E-state index is 11.6. The number of nitrogens with one attached hydrogen (secondary N) is 1. The zero-order chi connectivity index (χ0) is 24.9. The highest BCUT2D eigenvalue weighted by Crippen LogP contribution is 2.33. The average Bonchev–Trinajstić information content (AvgIpc) is 3.41. The second-order valence-electron chi connectivity index (χ2n) is 7.53. The van der Waals surface area contributed by atoms with Crippen molar-refractivity contribution in [2.24, 2.45) is 0 Å². The fourth-order valence-corrected chi connectivity index (χ4v) is 4.35. The third kappa shape index (κ3) is 5.62. The molecule has 1 aromatic carbocycles. The number of ether oxygens (including phenoxy) is 3. The Bertz CT molecular complexity index is 1190. The summed E-state index contributed by atoms with van der Waals surface area (Å²) in [5.41, 5.74) is 1.97. The lowest BCUT2D eigenvalue weighted by Crippen LogP contribution is -2.36. The van der Waals surface area contributed by atoms with Crippen molar-refractivity contribution >= 4 is 35.0 Å². The number of fused-ring (bicyclic) bond motifs is 1. The first-order valence-corrected chi connectivity index (χ1v) is 11.4. The minimum atomic E-state index is -1.37. The molecular weight excluding hydrogens is 482 g/mol. The van der Waals surface area contributed by atoms with Crippen molar-refractivity contribution in [3.8, 4) is 5.75 Å². The van der Waals surface area contributed by atoms with Crippen LogP contribution >= 0.6 is 11.8 Å². The number of aromatic nitrogens is 4. The van der Waals surface area contributed by atoms with Gasteiger partial charge in [-0.15, -0.1) is 0 Å². The summed E-state index contributed by atoms with van der Waals surface area (Å²) in [5.74, 6) is 0.169. The smallest absolute Gasteiger partial charge is 0.407 e. The van der Waals surface area contributed by atoms with Gasteiger partial charge in [-0.3, -0.25) is 9.36 Å². The van der Waals surface area contributed by atoms with E-state index in [9.17, 15) is 19.8 Å². The summed E-state index contributed by atoms with van der Waals surface area (Å²) >= 11 is 1.47. The van der Waals surface area contributed by atoms with Crippen molar-refractivity contribution in [2.75, 3.05) is 20.3 Å². The van der Waals surface area contributed by atoms with Gasteiger partial charge in [0.15, 0.2) is 11.9 Å². The maximum Gasteiger partial charge on any atom is 0.407 e. The van der Waals surface area contributed by atoms with Crippen LogP contribution in [0.4, 0.5) is 4.79 Å². The van der Waals surface area contributed by atoms with Gasteiger partial charge < -0.3 is 34.8 Å². The van der Waals surface area contributed by atoms with E-state index in [1.807, 2.05) is 29.6 Å². The summed E-state index contributed by atoms with van der Waals surface area (Å²) < 4.78 is 17.3. The number of rotatable bonds is 9. The number of carboxylic acids is 1. The van der Waals surface area contributed by atoms with Gasteiger partial charge in [0.2, 0.25) is 0 Å². The fourth-order valence-electron chi connectivity index (χ4n) is 3.45. The summed E-state index contributed by atoms with van der Waals surface area (Å²) in [6.45, 7) is -1.01.